The van der Waals surface area contributed by atoms with Gasteiger partial charge in [0.1, 0.15) is 29.3 Å². The van der Waals surface area contributed by atoms with Crippen LogP contribution in [0.15, 0.2) is 60.7 Å². The Morgan fingerprint density at radius 3 is 2.69 bits per heavy atom. The number of aryl methyl sites for hydroxylation is 1. The number of carboxylic acids is 1. The summed E-state index contributed by atoms with van der Waals surface area (Å²) in [4.78, 5) is 11.0. The zero-order chi connectivity index (χ0) is 22.9. The fourth-order valence-electron chi connectivity index (χ4n) is 4.72. The van der Waals surface area contributed by atoms with Gasteiger partial charge in [0.2, 0.25) is 0 Å². The molecule has 0 radical (unpaired) electrons. The molecule has 0 aromatic heterocycles. The molecule has 0 unspecified atom stereocenters. The van der Waals surface area contributed by atoms with Gasteiger partial charge in [0.25, 0.3) is 0 Å². The van der Waals surface area contributed by atoms with E-state index >= 15 is 0 Å². The van der Waals surface area contributed by atoms with Crippen LogP contribution in [0.4, 0.5) is 0 Å². The average Bonchev–Trinajstić information content (AvgIpc) is 3.25. The first kappa shape index (κ1) is 22.4. The first-order valence-corrected chi connectivity index (χ1v) is 11.0. The van der Waals surface area contributed by atoms with Gasteiger partial charge < -0.3 is 24.8 Å². The minimum atomic E-state index is -0.877. The van der Waals surface area contributed by atoms with E-state index in [2.05, 4.69) is 0 Å². The van der Waals surface area contributed by atoms with Crippen LogP contribution in [0, 0.1) is 5.92 Å². The van der Waals surface area contributed by atoms with E-state index in [0.717, 1.165) is 16.9 Å². The molecule has 2 aromatic rings. The Morgan fingerprint density at radius 2 is 1.97 bits per heavy atom. The van der Waals surface area contributed by atoms with Crippen molar-refractivity contribution in [2.45, 2.75) is 62.9 Å². The van der Waals surface area contributed by atoms with Gasteiger partial charge in [-0.1, -0.05) is 48.6 Å². The molecule has 170 valence electrons. The zero-order valence-electron chi connectivity index (χ0n) is 18.3. The number of aliphatic carboxylic acids is 1. The normalized spacial score (nSPS) is 25.2. The molecule has 1 heterocycles. The molecule has 0 spiro atoms. The quantitative estimate of drug-likeness (QED) is 0.544. The van der Waals surface area contributed by atoms with E-state index < -0.39 is 23.8 Å². The lowest BCUT2D eigenvalue weighted by atomic mass is 9.86. The van der Waals surface area contributed by atoms with Gasteiger partial charge in [-0.25, -0.2) is 0 Å². The van der Waals surface area contributed by atoms with Crippen LogP contribution in [-0.4, -0.2) is 45.2 Å². The third-order valence-corrected chi connectivity index (χ3v) is 6.45. The van der Waals surface area contributed by atoms with Crippen molar-refractivity contribution in [1.29, 1.82) is 0 Å². The fourth-order valence-corrected chi connectivity index (χ4v) is 4.72. The highest BCUT2D eigenvalue weighted by atomic mass is 16.5. The number of ether oxygens (including phenoxy) is 2. The van der Waals surface area contributed by atoms with Crippen LogP contribution in [0.2, 0.25) is 0 Å². The summed E-state index contributed by atoms with van der Waals surface area (Å²) in [5.74, 6) is 0.344. The number of hydrogen-bond donors (Lipinski definition) is 3. The smallest absolute Gasteiger partial charge is 0.303 e. The first-order chi connectivity index (χ1) is 15.3. The number of hydrogen-bond acceptors (Lipinski definition) is 5. The van der Waals surface area contributed by atoms with Crippen molar-refractivity contribution in [2.24, 2.45) is 5.92 Å². The number of aliphatic hydroxyl groups excluding tert-OH is 2. The molecule has 0 bridgehead atoms. The maximum Gasteiger partial charge on any atom is 0.303 e. The van der Waals surface area contributed by atoms with E-state index in [1.807, 2.05) is 68.5 Å². The summed E-state index contributed by atoms with van der Waals surface area (Å²) in [5.41, 5.74) is 1.03. The Kier molecular flexibility index (Phi) is 6.26. The molecule has 6 heteroatoms. The molecular weight excluding hydrogens is 408 g/mol. The SMILES string of the molecule is CC(C)(Oc1ccccc1)[C@@H](O)/C=C/[C@H]1[C@H]2c3cccc(CCC(=O)O)c3O[C@H]2C[C@H]1O. The number of aliphatic hydroxyl groups is 2. The minimum absolute atomic E-state index is 0.0358. The van der Waals surface area contributed by atoms with Gasteiger partial charge in [0.05, 0.1) is 6.10 Å². The Morgan fingerprint density at radius 1 is 1.22 bits per heavy atom. The molecule has 5 atom stereocenters. The number of carbonyl (C=O) groups is 1. The van der Waals surface area contributed by atoms with Crippen molar-refractivity contribution in [3.05, 3.63) is 71.8 Å². The monoisotopic (exact) mass is 438 g/mol. The lowest BCUT2D eigenvalue weighted by Crippen LogP contribution is -2.41. The van der Waals surface area contributed by atoms with Crippen LogP contribution >= 0.6 is 0 Å². The Hall–Kier alpha value is -2.83. The fraction of sp³-hybridized carbons (Fsp3) is 0.423. The van der Waals surface area contributed by atoms with E-state index in [1.165, 1.54) is 0 Å². The third-order valence-electron chi connectivity index (χ3n) is 6.45. The number of carboxylic acid groups (broad SMARTS) is 1. The number of fused-ring (bicyclic) bond motifs is 3. The van der Waals surface area contributed by atoms with Gasteiger partial charge in [0.15, 0.2) is 0 Å². The van der Waals surface area contributed by atoms with Crippen LogP contribution in [0.25, 0.3) is 0 Å². The lowest BCUT2D eigenvalue weighted by molar-refractivity contribution is -0.136. The summed E-state index contributed by atoms with van der Waals surface area (Å²) in [5, 5.41) is 30.5. The second-order valence-corrected chi connectivity index (χ2v) is 9.14. The summed E-state index contributed by atoms with van der Waals surface area (Å²) in [7, 11) is 0. The highest BCUT2D eigenvalue weighted by molar-refractivity contribution is 5.67. The van der Waals surface area contributed by atoms with Crippen LogP contribution in [0.5, 0.6) is 11.5 Å². The van der Waals surface area contributed by atoms with Crippen molar-refractivity contribution in [1.82, 2.24) is 0 Å². The maximum absolute atomic E-state index is 11.0. The van der Waals surface area contributed by atoms with E-state index in [4.69, 9.17) is 14.6 Å². The highest BCUT2D eigenvalue weighted by Gasteiger charge is 2.49. The van der Waals surface area contributed by atoms with Gasteiger partial charge in [0, 0.05) is 30.2 Å². The van der Waals surface area contributed by atoms with Gasteiger partial charge in [-0.05, 0) is 38.0 Å². The largest absolute Gasteiger partial charge is 0.489 e. The van der Waals surface area contributed by atoms with Gasteiger partial charge in [-0.3, -0.25) is 4.79 Å². The summed E-state index contributed by atoms with van der Waals surface area (Å²) in [6.07, 6.45) is 2.90. The standard InChI is InChI=1S/C26H30O6/c1-26(2,32-17-8-4-3-5-9-17)22(28)13-12-18-20(27)15-21-24(18)19-10-6-7-16(25(19)31-21)11-14-23(29)30/h3-10,12-13,18,20-22,24,27-28H,11,14-15H2,1-2H3,(H,29,30)/b13-12+/t18-,20-,21+,22+,24+/m1/s1. The Labute approximate surface area is 188 Å². The molecule has 4 rings (SSSR count). The van der Waals surface area contributed by atoms with Crippen molar-refractivity contribution in [3.63, 3.8) is 0 Å². The molecule has 0 amide bonds. The second-order valence-electron chi connectivity index (χ2n) is 9.14. The summed E-state index contributed by atoms with van der Waals surface area (Å²) in [6.45, 7) is 3.65. The van der Waals surface area contributed by atoms with Gasteiger partial charge in [-0.15, -0.1) is 0 Å². The molecule has 0 saturated heterocycles. The summed E-state index contributed by atoms with van der Waals surface area (Å²) in [6, 6.07) is 15.2. The zero-order valence-corrected chi connectivity index (χ0v) is 18.3. The molecule has 1 saturated carbocycles. The van der Waals surface area contributed by atoms with E-state index in [9.17, 15) is 15.0 Å². The molecule has 2 aliphatic rings. The molecule has 32 heavy (non-hydrogen) atoms. The molecule has 1 fully saturated rings. The van der Waals surface area contributed by atoms with Crippen molar-refractivity contribution in [3.8, 4) is 11.5 Å². The molecule has 6 nitrogen and oxygen atoms in total. The molecule has 1 aliphatic heterocycles. The van der Waals surface area contributed by atoms with Gasteiger partial charge in [-0.2, -0.15) is 0 Å². The Bertz CT molecular complexity index is 983. The van der Waals surface area contributed by atoms with Crippen LogP contribution in [-0.2, 0) is 11.2 Å². The van der Waals surface area contributed by atoms with Crippen molar-refractivity contribution < 1.29 is 29.6 Å². The van der Waals surface area contributed by atoms with Crippen molar-refractivity contribution in [2.75, 3.05) is 0 Å². The van der Waals surface area contributed by atoms with Crippen molar-refractivity contribution >= 4 is 5.97 Å². The third kappa shape index (κ3) is 4.52. The summed E-state index contributed by atoms with van der Waals surface area (Å²) >= 11 is 0. The first-order valence-electron chi connectivity index (χ1n) is 11.0. The molecular formula is C26H30O6. The topological polar surface area (TPSA) is 96.2 Å². The van der Waals surface area contributed by atoms with Gasteiger partial charge >= 0.3 is 5.97 Å². The van der Waals surface area contributed by atoms with E-state index in [0.29, 0.717) is 18.6 Å². The number of benzene rings is 2. The predicted octanol–water partition coefficient (Wildman–Crippen LogP) is 3.70. The van der Waals surface area contributed by atoms with Crippen LogP contribution < -0.4 is 9.47 Å². The highest BCUT2D eigenvalue weighted by Crippen LogP contribution is 2.52. The van der Waals surface area contributed by atoms with Crippen LogP contribution in [0.3, 0.4) is 0 Å². The maximum atomic E-state index is 11.0. The minimum Gasteiger partial charge on any atom is -0.489 e. The molecule has 1 aliphatic carbocycles. The number of rotatable bonds is 8. The Balaban J connectivity index is 1.51. The molecule has 2 aromatic carbocycles. The summed E-state index contributed by atoms with van der Waals surface area (Å²) < 4.78 is 12.1. The van der Waals surface area contributed by atoms with E-state index in [1.54, 1.807) is 6.08 Å². The average molecular weight is 439 g/mol. The number of para-hydroxylation sites is 2. The molecule has 3 N–H and O–H groups in total. The second kappa shape index (κ2) is 8.96. The van der Waals surface area contributed by atoms with Crippen LogP contribution in [0.1, 0.15) is 43.7 Å². The lowest BCUT2D eigenvalue weighted by Gasteiger charge is -2.30. The van der Waals surface area contributed by atoms with E-state index in [-0.39, 0.29) is 24.4 Å². The predicted molar refractivity (Wildman–Crippen MR) is 120 cm³/mol.